The van der Waals surface area contributed by atoms with Crippen LogP contribution in [0.3, 0.4) is 0 Å². The standard InChI is InChI=1S/2C5H8O2.4C4H10O.2Zr/c2*1-4(6)3-5(2)7;4*1-2-3-4-5;;/h2*3,6H,1-2H3;4*5H,2-4H2,1H3;;/p-2/b2*4-3-;;;;;;. The number of allylic oxidation sites excluding steroid dienone is 4. The summed E-state index contributed by atoms with van der Waals surface area (Å²) >= 11 is 0. The molecule has 0 heterocycles. The molecule has 8 nitrogen and oxygen atoms in total. The Labute approximate surface area is 259 Å². The fourth-order valence-corrected chi connectivity index (χ4v) is 1.20. The molecule has 10 heteroatoms. The number of hydrogen-bond donors (Lipinski definition) is 4. The van der Waals surface area contributed by atoms with Crippen molar-refractivity contribution in [3.8, 4) is 0 Å². The zero-order valence-electron chi connectivity index (χ0n) is 24.1. The molecular weight excluding hydrogens is 623 g/mol. The Bertz CT molecular complexity index is 376. The summed E-state index contributed by atoms with van der Waals surface area (Å²) in [6.45, 7) is 15.0. The van der Waals surface area contributed by atoms with Gasteiger partial charge in [0.25, 0.3) is 0 Å². The molecule has 0 rings (SSSR count). The molecule has 0 aliphatic heterocycles. The minimum Gasteiger partial charge on any atom is -0.876 e. The van der Waals surface area contributed by atoms with E-state index in [0.717, 1.165) is 63.5 Å². The van der Waals surface area contributed by atoms with E-state index < -0.39 is 0 Å². The minimum absolute atomic E-state index is 0. The van der Waals surface area contributed by atoms with Gasteiger partial charge in [-0.2, -0.15) is 0 Å². The van der Waals surface area contributed by atoms with Gasteiger partial charge in [-0.15, -0.1) is 11.5 Å². The van der Waals surface area contributed by atoms with E-state index in [1.54, 1.807) is 0 Å². The van der Waals surface area contributed by atoms with Crippen molar-refractivity contribution < 1.29 is 92.6 Å². The second-order valence-electron chi connectivity index (χ2n) is 7.04. The molecule has 0 fully saturated rings. The SMILES string of the molecule is CC(=O)/C=C(/C)[O-].CC(=O)/C=C(/C)[O-].CCCCO.CCCCO.CCCCO.CCCCO.[Zr].[Zr]. The molecule has 0 aliphatic carbocycles. The topological polar surface area (TPSA) is 161 Å². The second-order valence-corrected chi connectivity index (χ2v) is 7.04. The summed E-state index contributed by atoms with van der Waals surface area (Å²) in [7, 11) is 0. The average Bonchev–Trinajstić information content (AvgIpc) is 2.71. The molecule has 0 amide bonds. The summed E-state index contributed by atoms with van der Waals surface area (Å²) in [5.74, 6) is -0.750. The van der Waals surface area contributed by atoms with Gasteiger partial charge in [-0.05, 0) is 51.7 Å². The first-order valence-corrected chi connectivity index (χ1v) is 12.1. The normalized spacial score (nSPS) is 9.11. The molecule has 0 unspecified atom stereocenters. The van der Waals surface area contributed by atoms with Crippen LogP contribution in [0.2, 0.25) is 0 Å². The number of hydrogen-bond acceptors (Lipinski definition) is 8. The molecule has 4 N–H and O–H groups in total. The van der Waals surface area contributed by atoms with Crippen LogP contribution in [-0.4, -0.2) is 58.4 Å². The van der Waals surface area contributed by atoms with Crippen LogP contribution in [0, 0.1) is 0 Å². The van der Waals surface area contributed by atoms with Gasteiger partial charge in [-0.25, -0.2) is 0 Å². The third-order valence-electron chi connectivity index (χ3n) is 2.86. The third-order valence-corrected chi connectivity index (χ3v) is 2.86. The van der Waals surface area contributed by atoms with Gasteiger partial charge in [0, 0.05) is 78.8 Å². The number of carbonyl (C=O) groups is 2. The van der Waals surface area contributed by atoms with Crippen LogP contribution >= 0.6 is 0 Å². The van der Waals surface area contributed by atoms with E-state index in [1.165, 1.54) is 27.7 Å². The Morgan fingerprint density at radius 3 is 0.694 bits per heavy atom. The Balaban J connectivity index is -0.0000000434. The number of aliphatic hydroxyl groups excluding tert-OH is 4. The fourth-order valence-electron chi connectivity index (χ4n) is 1.20. The smallest absolute Gasteiger partial charge is 0.151 e. The molecule has 0 aliphatic rings. The number of aliphatic hydroxyl groups is 4. The van der Waals surface area contributed by atoms with Crippen LogP contribution in [0.15, 0.2) is 23.7 Å². The monoisotopic (exact) mass is 674 g/mol. The van der Waals surface area contributed by atoms with Crippen molar-refractivity contribution in [2.24, 2.45) is 0 Å². The molecule has 0 aromatic rings. The van der Waals surface area contributed by atoms with E-state index in [1.807, 2.05) is 0 Å². The quantitative estimate of drug-likeness (QED) is 0.203. The van der Waals surface area contributed by atoms with Gasteiger partial charge >= 0.3 is 0 Å². The summed E-state index contributed by atoms with van der Waals surface area (Å²) in [6, 6.07) is 0. The molecule has 0 bridgehead atoms. The van der Waals surface area contributed by atoms with E-state index in [2.05, 4.69) is 27.7 Å². The van der Waals surface area contributed by atoms with E-state index in [0.29, 0.717) is 26.4 Å². The number of carbonyl (C=O) groups excluding carboxylic acids is 2. The first-order chi connectivity index (χ1) is 15.9. The van der Waals surface area contributed by atoms with Crippen molar-refractivity contribution in [2.75, 3.05) is 26.4 Å². The summed E-state index contributed by atoms with van der Waals surface area (Å²) in [6.07, 6.45) is 10.3. The van der Waals surface area contributed by atoms with Crippen LogP contribution in [0.25, 0.3) is 0 Å². The average molecular weight is 677 g/mol. The summed E-state index contributed by atoms with van der Waals surface area (Å²) in [5, 5.41) is 52.2. The van der Waals surface area contributed by atoms with Gasteiger partial charge in [0.05, 0.1) is 0 Å². The molecule has 0 radical (unpaired) electrons. The van der Waals surface area contributed by atoms with Crippen molar-refractivity contribution >= 4 is 11.6 Å². The van der Waals surface area contributed by atoms with Crippen LogP contribution in [0.1, 0.15) is 107 Å². The van der Waals surface area contributed by atoms with E-state index in [4.69, 9.17) is 20.4 Å². The predicted molar refractivity (Wildman–Crippen MR) is 137 cm³/mol. The fraction of sp³-hybridized carbons (Fsp3) is 0.769. The van der Waals surface area contributed by atoms with Gasteiger partial charge in [-0.3, -0.25) is 9.59 Å². The molecule has 216 valence electrons. The molecule has 0 aromatic heterocycles. The van der Waals surface area contributed by atoms with Crippen LogP contribution in [0.4, 0.5) is 0 Å². The molecule has 0 saturated heterocycles. The van der Waals surface area contributed by atoms with Crippen LogP contribution in [-0.2, 0) is 62.0 Å². The molecule has 0 spiro atoms. The number of unbranched alkanes of at least 4 members (excludes halogenated alkanes) is 4. The van der Waals surface area contributed by atoms with Crippen LogP contribution < -0.4 is 10.2 Å². The maximum atomic E-state index is 9.98. The molecule has 0 atom stereocenters. The van der Waals surface area contributed by atoms with Gasteiger partial charge in [0.1, 0.15) is 0 Å². The van der Waals surface area contributed by atoms with E-state index >= 15 is 0 Å². The van der Waals surface area contributed by atoms with Gasteiger partial charge in [0.2, 0.25) is 0 Å². The molecular formula is C26H54O8Zr2-2. The predicted octanol–water partition coefficient (Wildman–Crippen LogP) is 2.79. The van der Waals surface area contributed by atoms with Crippen molar-refractivity contribution in [2.45, 2.75) is 107 Å². The summed E-state index contributed by atoms with van der Waals surface area (Å²) in [5.41, 5.74) is 0. The number of rotatable bonds is 10. The van der Waals surface area contributed by atoms with Crippen molar-refractivity contribution in [1.82, 2.24) is 0 Å². The number of ketones is 2. The van der Waals surface area contributed by atoms with Crippen molar-refractivity contribution in [1.29, 1.82) is 0 Å². The Morgan fingerprint density at radius 1 is 0.528 bits per heavy atom. The maximum Gasteiger partial charge on any atom is 0.151 e. The van der Waals surface area contributed by atoms with Crippen molar-refractivity contribution in [3.05, 3.63) is 23.7 Å². The molecule has 36 heavy (non-hydrogen) atoms. The zero-order valence-corrected chi connectivity index (χ0v) is 29.0. The van der Waals surface area contributed by atoms with Crippen molar-refractivity contribution in [3.63, 3.8) is 0 Å². The third kappa shape index (κ3) is 145. The summed E-state index contributed by atoms with van der Waals surface area (Å²) in [4.78, 5) is 20.0. The Morgan fingerprint density at radius 2 is 0.694 bits per heavy atom. The Hall–Kier alpha value is 0.0262. The molecule has 0 saturated carbocycles. The molecule has 0 aromatic carbocycles. The first kappa shape index (κ1) is 56.3. The zero-order chi connectivity index (χ0) is 28.2. The van der Waals surface area contributed by atoms with Gasteiger partial charge in [-0.1, -0.05) is 67.2 Å². The van der Waals surface area contributed by atoms with E-state index in [-0.39, 0.29) is 75.5 Å². The van der Waals surface area contributed by atoms with Gasteiger partial charge < -0.3 is 30.6 Å². The maximum absolute atomic E-state index is 9.98. The second kappa shape index (κ2) is 59.9. The van der Waals surface area contributed by atoms with Crippen LogP contribution in [0.5, 0.6) is 0 Å². The largest absolute Gasteiger partial charge is 0.876 e. The van der Waals surface area contributed by atoms with Gasteiger partial charge in [0.15, 0.2) is 11.6 Å². The first-order valence-electron chi connectivity index (χ1n) is 12.1. The summed E-state index contributed by atoms with van der Waals surface area (Å²) < 4.78 is 0. The van der Waals surface area contributed by atoms with E-state index in [9.17, 15) is 19.8 Å². The minimum atomic E-state index is -0.187. The Kier molecular flexibility index (Phi) is 93.6.